The summed E-state index contributed by atoms with van der Waals surface area (Å²) in [5, 5.41) is 0. The van der Waals surface area contributed by atoms with E-state index in [1.54, 1.807) is 23.5 Å². The molecule has 17 heavy (non-hydrogen) atoms. The van der Waals surface area contributed by atoms with Crippen molar-refractivity contribution in [2.75, 3.05) is 11.5 Å². The first-order chi connectivity index (χ1) is 8.20. The van der Waals surface area contributed by atoms with Gasteiger partial charge in [-0.25, -0.2) is 0 Å². The Morgan fingerprint density at radius 3 is 2.06 bits per heavy atom. The van der Waals surface area contributed by atoms with Crippen LogP contribution in [0, 0.1) is 0 Å². The van der Waals surface area contributed by atoms with Crippen molar-refractivity contribution >= 4 is 29.3 Å². The number of carbonyl (C=O) groups excluding carboxylic acids is 1. The van der Waals surface area contributed by atoms with E-state index in [0.29, 0.717) is 0 Å². The fourth-order valence-corrected chi connectivity index (χ4v) is 3.60. The molecule has 0 amide bonds. The molecule has 0 saturated carbocycles. The Hall–Kier alpha value is -0.670. The molecule has 0 unspecified atom stereocenters. The summed E-state index contributed by atoms with van der Waals surface area (Å²) in [6.07, 6.45) is 0. The number of ketones is 1. The van der Waals surface area contributed by atoms with Crippen molar-refractivity contribution in [1.82, 2.24) is 0 Å². The minimum atomic E-state index is 0.141. The van der Waals surface area contributed by atoms with Crippen molar-refractivity contribution in [2.45, 2.75) is 20.8 Å². The molecule has 1 nitrogen and oxygen atoms in total. The standard InChI is InChI=1S/C14H18OS2/c1-4-16-14(17-5-2)11(3)13(15)12-9-7-6-8-10-12/h6-10H,4-5H2,1-3H3. The molecule has 0 fully saturated rings. The third kappa shape index (κ3) is 4.25. The molecular weight excluding hydrogens is 248 g/mol. The predicted octanol–water partition coefficient (Wildman–Crippen LogP) is 4.61. The van der Waals surface area contributed by atoms with Crippen LogP contribution in [0.3, 0.4) is 0 Å². The maximum absolute atomic E-state index is 12.3. The zero-order valence-corrected chi connectivity index (χ0v) is 12.2. The molecule has 1 aromatic rings. The predicted molar refractivity (Wildman–Crippen MR) is 79.7 cm³/mol. The monoisotopic (exact) mass is 266 g/mol. The molecule has 0 bridgehead atoms. The van der Waals surface area contributed by atoms with Gasteiger partial charge in [-0.2, -0.15) is 0 Å². The second-order valence-electron chi connectivity index (χ2n) is 3.47. The first kappa shape index (κ1) is 14.4. The first-order valence-electron chi connectivity index (χ1n) is 5.76. The summed E-state index contributed by atoms with van der Waals surface area (Å²) in [5.41, 5.74) is 1.64. The third-order valence-electron chi connectivity index (χ3n) is 2.23. The summed E-state index contributed by atoms with van der Waals surface area (Å²) in [5.74, 6) is 2.14. The molecule has 0 radical (unpaired) electrons. The average molecular weight is 266 g/mol. The lowest BCUT2D eigenvalue weighted by Gasteiger charge is -2.09. The summed E-state index contributed by atoms with van der Waals surface area (Å²) < 4.78 is 1.16. The van der Waals surface area contributed by atoms with Crippen LogP contribution in [-0.2, 0) is 0 Å². The number of hydrogen-bond donors (Lipinski definition) is 0. The van der Waals surface area contributed by atoms with Crippen LogP contribution in [0.2, 0.25) is 0 Å². The minimum Gasteiger partial charge on any atom is -0.289 e. The molecule has 0 aliphatic heterocycles. The van der Waals surface area contributed by atoms with E-state index in [0.717, 1.165) is 26.9 Å². The number of hydrogen-bond acceptors (Lipinski definition) is 3. The fraction of sp³-hybridized carbons (Fsp3) is 0.357. The van der Waals surface area contributed by atoms with Crippen LogP contribution < -0.4 is 0 Å². The highest BCUT2D eigenvalue weighted by Crippen LogP contribution is 2.32. The van der Waals surface area contributed by atoms with Crippen LogP contribution in [-0.4, -0.2) is 17.3 Å². The minimum absolute atomic E-state index is 0.141. The Balaban J connectivity index is 2.96. The van der Waals surface area contributed by atoms with Gasteiger partial charge in [0.1, 0.15) is 0 Å². The Labute approximate surface area is 112 Å². The normalized spacial score (nSPS) is 10.1. The van der Waals surface area contributed by atoms with E-state index in [2.05, 4.69) is 13.8 Å². The van der Waals surface area contributed by atoms with Gasteiger partial charge in [-0.1, -0.05) is 44.2 Å². The van der Waals surface area contributed by atoms with Crippen molar-refractivity contribution in [3.05, 3.63) is 45.7 Å². The third-order valence-corrected chi connectivity index (χ3v) is 4.65. The lowest BCUT2D eigenvalue weighted by molar-refractivity contribution is 0.103. The van der Waals surface area contributed by atoms with E-state index in [1.165, 1.54) is 0 Å². The van der Waals surface area contributed by atoms with E-state index >= 15 is 0 Å². The van der Waals surface area contributed by atoms with Crippen LogP contribution in [0.25, 0.3) is 0 Å². The molecule has 0 heterocycles. The van der Waals surface area contributed by atoms with E-state index < -0.39 is 0 Å². The highest BCUT2D eigenvalue weighted by molar-refractivity contribution is 8.22. The number of allylic oxidation sites excluding steroid dienone is 1. The molecule has 3 heteroatoms. The second-order valence-corrected chi connectivity index (χ2v) is 6.28. The van der Waals surface area contributed by atoms with E-state index in [4.69, 9.17) is 0 Å². The van der Waals surface area contributed by atoms with Crippen molar-refractivity contribution in [3.8, 4) is 0 Å². The van der Waals surface area contributed by atoms with E-state index in [9.17, 15) is 4.79 Å². The number of thioether (sulfide) groups is 2. The van der Waals surface area contributed by atoms with Gasteiger partial charge < -0.3 is 0 Å². The van der Waals surface area contributed by atoms with Gasteiger partial charge in [-0.15, -0.1) is 23.5 Å². The van der Waals surface area contributed by atoms with Gasteiger partial charge in [-0.05, 0) is 18.4 Å². The van der Waals surface area contributed by atoms with Crippen LogP contribution >= 0.6 is 23.5 Å². The zero-order valence-electron chi connectivity index (χ0n) is 10.5. The highest BCUT2D eigenvalue weighted by Gasteiger charge is 2.12. The molecule has 0 spiro atoms. The van der Waals surface area contributed by atoms with Gasteiger partial charge in [0.15, 0.2) is 5.78 Å². The zero-order chi connectivity index (χ0) is 12.7. The summed E-state index contributed by atoms with van der Waals surface area (Å²) in [4.78, 5) is 12.3. The Morgan fingerprint density at radius 2 is 1.59 bits per heavy atom. The fourth-order valence-electron chi connectivity index (χ4n) is 1.42. The van der Waals surface area contributed by atoms with Gasteiger partial charge in [0.25, 0.3) is 0 Å². The SMILES string of the molecule is CCSC(SCC)=C(C)C(=O)c1ccccc1. The van der Waals surface area contributed by atoms with Gasteiger partial charge >= 0.3 is 0 Å². The smallest absolute Gasteiger partial charge is 0.190 e. The van der Waals surface area contributed by atoms with Crippen LogP contribution in [0.4, 0.5) is 0 Å². The van der Waals surface area contributed by atoms with Gasteiger partial charge in [-0.3, -0.25) is 4.79 Å². The molecule has 92 valence electrons. The molecule has 0 atom stereocenters. The Morgan fingerprint density at radius 1 is 1.06 bits per heavy atom. The molecule has 0 aromatic heterocycles. The maximum atomic E-state index is 12.3. The van der Waals surface area contributed by atoms with Crippen molar-refractivity contribution in [3.63, 3.8) is 0 Å². The number of Topliss-reactive ketones (excluding diaryl/α,β-unsaturated/α-hetero) is 1. The Kier molecular flexibility index (Phi) is 6.45. The lowest BCUT2D eigenvalue weighted by Crippen LogP contribution is -2.02. The molecule has 0 saturated heterocycles. The number of rotatable bonds is 6. The molecule has 0 aliphatic carbocycles. The van der Waals surface area contributed by atoms with E-state index in [-0.39, 0.29) is 5.78 Å². The van der Waals surface area contributed by atoms with Gasteiger partial charge in [0.05, 0.1) is 0 Å². The first-order valence-corrected chi connectivity index (χ1v) is 7.74. The largest absolute Gasteiger partial charge is 0.289 e. The van der Waals surface area contributed by atoms with Gasteiger partial charge in [0, 0.05) is 15.4 Å². The summed E-state index contributed by atoms with van der Waals surface area (Å²) in [6.45, 7) is 6.15. The highest BCUT2D eigenvalue weighted by atomic mass is 32.2. The van der Waals surface area contributed by atoms with Gasteiger partial charge in [0.2, 0.25) is 0 Å². The summed E-state index contributed by atoms with van der Waals surface area (Å²) in [6, 6.07) is 9.48. The molecule has 0 aliphatic rings. The second kappa shape index (κ2) is 7.62. The van der Waals surface area contributed by atoms with Crippen LogP contribution in [0.5, 0.6) is 0 Å². The number of carbonyl (C=O) groups is 1. The summed E-state index contributed by atoms with van der Waals surface area (Å²) in [7, 11) is 0. The van der Waals surface area contributed by atoms with Crippen molar-refractivity contribution < 1.29 is 4.79 Å². The van der Waals surface area contributed by atoms with Crippen LogP contribution in [0.15, 0.2) is 40.1 Å². The maximum Gasteiger partial charge on any atom is 0.190 e. The average Bonchev–Trinajstić information content (AvgIpc) is 2.38. The lowest BCUT2D eigenvalue weighted by atomic mass is 10.1. The molecule has 1 aromatic carbocycles. The molecular formula is C14H18OS2. The topological polar surface area (TPSA) is 17.1 Å². The quantitative estimate of drug-likeness (QED) is 0.553. The molecule has 1 rings (SSSR count). The van der Waals surface area contributed by atoms with E-state index in [1.807, 2.05) is 37.3 Å². The van der Waals surface area contributed by atoms with Crippen molar-refractivity contribution in [1.29, 1.82) is 0 Å². The number of benzene rings is 1. The van der Waals surface area contributed by atoms with Crippen molar-refractivity contribution in [2.24, 2.45) is 0 Å². The van der Waals surface area contributed by atoms with Crippen LogP contribution in [0.1, 0.15) is 31.1 Å². The molecule has 0 N–H and O–H groups in total. The Bertz CT molecular complexity index is 388. The summed E-state index contributed by atoms with van der Waals surface area (Å²) >= 11 is 3.51.